The van der Waals surface area contributed by atoms with Crippen molar-refractivity contribution < 1.29 is 4.79 Å². The van der Waals surface area contributed by atoms with Crippen molar-refractivity contribution in [3.8, 4) is 0 Å². The van der Waals surface area contributed by atoms with Gasteiger partial charge in [-0.25, -0.2) is 0 Å². The minimum atomic E-state index is -0.0636. The molecule has 1 N–H and O–H groups in total. The molecule has 0 spiro atoms. The zero-order chi connectivity index (χ0) is 15.2. The van der Waals surface area contributed by atoms with Crippen LogP contribution >= 0.6 is 11.8 Å². The molecule has 0 bridgehead atoms. The summed E-state index contributed by atoms with van der Waals surface area (Å²) in [5.74, 6) is 0.171. The Kier molecular flexibility index (Phi) is 6.40. The Hall–Kier alpha value is -0.710. The summed E-state index contributed by atoms with van der Waals surface area (Å²) < 4.78 is 0. The molecule has 0 radical (unpaired) electrons. The van der Waals surface area contributed by atoms with Crippen molar-refractivity contribution in [2.75, 3.05) is 13.1 Å². The minimum Gasteiger partial charge on any atom is -0.352 e. The SMILES string of the molecule is CC(SC1=NCCN1C(C)C)C(=O)NC1CCCCCC1. The maximum Gasteiger partial charge on any atom is 0.233 e. The van der Waals surface area contributed by atoms with Gasteiger partial charge in [0, 0.05) is 18.6 Å². The van der Waals surface area contributed by atoms with Gasteiger partial charge in [0.15, 0.2) is 5.17 Å². The number of hydrogen-bond donors (Lipinski definition) is 1. The van der Waals surface area contributed by atoms with Crippen LogP contribution in [-0.4, -0.2) is 46.4 Å². The Labute approximate surface area is 133 Å². The predicted molar refractivity (Wildman–Crippen MR) is 90.8 cm³/mol. The van der Waals surface area contributed by atoms with E-state index in [0.717, 1.165) is 31.1 Å². The summed E-state index contributed by atoms with van der Waals surface area (Å²) in [5.41, 5.74) is 0. The third-order valence-corrected chi connectivity index (χ3v) is 5.45. The average molecular weight is 311 g/mol. The minimum absolute atomic E-state index is 0.0636. The van der Waals surface area contributed by atoms with E-state index >= 15 is 0 Å². The van der Waals surface area contributed by atoms with Gasteiger partial charge in [-0.1, -0.05) is 37.4 Å². The number of amidine groups is 1. The molecule has 1 atom stereocenters. The number of rotatable bonds is 4. The third-order valence-electron chi connectivity index (χ3n) is 4.31. The molecular weight excluding hydrogens is 282 g/mol. The van der Waals surface area contributed by atoms with Gasteiger partial charge in [-0.2, -0.15) is 0 Å². The van der Waals surface area contributed by atoms with Gasteiger partial charge in [-0.05, 0) is 33.6 Å². The highest BCUT2D eigenvalue weighted by atomic mass is 32.2. The molecule has 21 heavy (non-hydrogen) atoms. The standard InChI is InChI=1S/C16H29N3OS/c1-12(2)19-11-10-17-16(19)21-13(3)15(20)18-14-8-6-4-5-7-9-14/h12-14H,4-11H2,1-3H3,(H,18,20). The lowest BCUT2D eigenvalue weighted by Crippen LogP contribution is -2.40. The lowest BCUT2D eigenvalue weighted by molar-refractivity contribution is -0.121. The fourth-order valence-corrected chi connectivity index (χ4v) is 4.07. The van der Waals surface area contributed by atoms with E-state index in [9.17, 15) is 4.79 Å². The Morgan fingerprint density at radius 3 is 2.52 bits per heavy atom. The van der Waals surface area contributed by atoms with Crippen LogP contribution in [0.2, 0.25) is 0 Å². The van der Waals surface area contributed by atoms with Gasteiger partial charge in [0.2, 0.25) is 5.91 Å². The number of carbonyl (C=O) groups is 1. The van der Waals surface area contributed by atoms with Crippen molar-refractivity contribution in [3.63, 3.8) is 0 Å². The van der Waals surface area contributed by atoms with Crippen molar-refractivity contribution in [2.24, 2.45) is 4.99 Å². The molecule has 1 heterocycles. The van der Waals surface area contributed by atoms with E-state index in [1.165, 1.54) is 25.7 Å². The number of aliphatic imine (C=N–C) groups is 1. The maximum atomic E-state index is 12.4. The molecule has 1 unspecified atom stereocenters. The lowest BCUT2D eigenvalue weighted by Gasteiger charge is -2.26. The Balaban J connectivity index is 1.82. The van der Waals surface area contributed by atoms with E-state index in [2.05, 4.69) is 29.1 Å². The van der Waals surface area contributed by atoms with Crippen LogP contribution in [0.1, 0.15) is 59.3 Å². The molecule has 0 aromatic heterocycles. The second kappa shape index (κ2) is 8.06. The summed E-state index contributed by atoms with van der Waals surface area (Å²) in [7, 11) is 0. The number of nitrogens with one attached hydrogen (secondary N) is 1. The van der Waals surface area contributed by atoms with Crippen molar-refractivity contribution in [2.45, 2.75) is 76.6 Å². The van der Waals surface area contributed by atoms with Crippen molar-refractivity contribution in [1.29, 1.82) is 0 Å². The van der Waals surface area contributed by atoms with Crippen LogP contribution < -0.4 is 5.32 Å². The second-order valence-electron chi connectivity index (χ2n) is 6.41. The molecule has 120 valence electrons. The molecule has 1 fully saturated rings. The summed E-state index contributed by atoms with van der Waals surface area (Å²) in [4.78, 5) is 19.2. The molecular formula is C16H29N3OS. The van der Waals surface area contributed by atoms with Crippen LogP contribution in [-0.2, 0) is 4.79 Å². The maximum absolute atomic E-state index is 12.4. The summed E-state index contributed by atoms with van der Waals surface area (Å²) in [6.45, 7) is 8.19. The molecule has 1 amide bonds. The van der Waals surface area contributed by atoms with Crippen molar-refractivity contribution in [3.05, 3.63) is 0 Å². The smallest absolute Gasteiger partial charge is 0.233 e. The molecule has 5 heteroatoms. The highest BCUT2D eigenvalue weighted by Gasteiger charge is 2.26. The van der Waals surface area contributed by atoms with Crippen LogP contribution in [0.5, 0.6) is 0 Å². The highest BCUT2D eigenvalue weighted by Crippen LogP contribution is 2.22. The number of carbonyl (C=O) groups excluding carboxylic acids is 1. The van der Waals surface area contributed by atoms with Gasteiger partial charge in [-0.15, -0.1) is 0 Å². The van der Waals surface area contributed by atoms with Gasteiger partial charge in [0.25, 0.3) is 0 Å². The van der Waals surface area contributed by atoms with Gasteiger partial charge in [0.1, 0.15) is 0 Å². The van der Waals surface area contributed by atoms with E-state index in [-0.39, 0.29) is 11.2 Å². The molecule has 0 aromatic carbocycles. The molecule has 2 aliphatic rings. The normalized spacial score (nSPS) is 22.1. The summed E-state index contributed by atoms with van der Waals surface area (Å²) in [5, 5.41) is 4.22. The van der Waals surface area contributed by atoms with Crippen molar-refractivity contribution in [1.82, 2.24) is 10.2 Å². The zero-order valence-electron chi connectivity index (χ0n) is 13.6. The molecule has 1 aliphatic carbocycles. The molecule has 1 aliphatic heterocycles. The summed E-state index contributed by atoms with van der Waals surface area (Å²) >= 11 is 1.61. The Morgan fingerprint density at radius 1 is 1.24 bits per heavy atom. The number of thioether (sulfide) groups is 1. The molecule has 4 nitrogen and oxygen atoms in total. The first-order valence-corrected chi connectivity index (χ1v) is 9.24. The first kappa shape index (κ1) is 16.7. The van der Waals surface area contributed by atoms with Crippen LogP contribution in [0.4, 0.5) is 0 Å². The zero-order valence-corrected chi connectivity index (χ0v) is 14.4. The van der Waals surface area contributed by atoms with Gasteiger partial charge in [0.05, 0.1) is 11.8 Å². The predicted octanol–water partition coefficient (Wildman–Crippen LogP) is 3.03. The Bertz CT molecular complexity index is 376. The van der Waals surface area contributed by atoms with Gasteiger partial charge in [-0.3, -0.25) is 9.79 Å². The second-order valence-corrected chi connectivity index (χ2v) is 7.72. The van der Waals surface area contributed by atoms with E-state index in [4.69, 9.17) is 0 Å². The summed E-state index contributed by atoms with van der Waals surface area (Å²) in [6, 6.07) is 0.839. The molecule has 2 rings (SSSR count). The van der Waals surface area contributed by atoms with Crippen LogP contribution in [0.25, 0.3) is 0 Å². The van der Waals surface area contributed by atoms with Crippen LogP contribution in [0.15, 0.2) is 4.99 Å². The molecule has 1 saturated carbocycles. The van der Waals surface area contributed by atoms with E-state index in [1.807, 2.05) is 6.92 Å². The number of amides is 1. The molecule has 0 aromatic rings. The number of hydrogen-bond acceptors (Lipinski definition) is 4. The van der Waals surface area contributed by atoms with Gasteiger partial charge < -0.3 is 10.2 Å². The van der Waals surface area contributed by atoms with E-state index in [0.29, 0.717) is 12.1 Å². The fourth-order valence-electron chi connectivity index (χ4n) is 2.98. The fraction of sp³-hybridized carbons (Fsp3) is 0.875. The molecule has 0 saturated heterocycles. The summed E-state index contributed by atoms with van der Waals surface area (Å²) in [6.07, 6.45) is 7.42. The quantitative estimate of drug-likeness (QED) is 0.812. The third kappa shape index (κ3) is 4.90. The first-order chi connectivity index (χ1) is 10.1. The topological polar surface area (TPSA) is 44.7 Å². The van der Waals surface area contributed by atoms with Crippen LogP contribution in [0.3, 0.4) is 0 Å². The largest absolute Gasteiger partial charge is 0.352 e. The van der Waals surface area contributed by atoms with Crippen LogP contribution in [0, 0.1) is 0 Å². The van der Waals surface area contributed by atoms with E-state index < -0.39 is 0 Å². The monoisotopic (exact) mass is 311 g/mol. The van der Waals surface area contributed by atoms with Gasteiger partial charge >= 0.3 is 0 Å². The lowest BCUT2D eigenvalue weighted by atomic mass is 10.1. The Morgan fingerprint density at radius 2 is 1.90 bits per heavy atom. The first-order valence-electron chi connectivity index (χ1n) is 8.36. The average Bonchev–Trinajstić information content (AvgIpc) is 2.75. The van der Waals surface area contributed by atoms with E-state index in [1.54, 1.807) is 11.8 Å². The van der Waals surface area contributed by atoms with Crippen molar-refractivity contribution >= 4 is 22.8 Å². The number of nitrogens with zero attached hydrogens (tertiary/aromatic N) is 2. The highest BCUT2D eigenvalue weighted by molar-refractivity contribution is 8.14.